The van der Waals surface area contributed by atoms with Gasteiger partial charge in [-0.05, 0) is 25.0 Å². The van der Waals surface area contributed by atoms with Crippen LogP contribution >= 0.6 is 0 Å². The number of nitrogens with zero attached hydrogens (tertiary/aromatic N) is 6. The number of hydrogen-bond acceptors (Lipinski definition) is 7. The first-order valence-electron chi connectivity index (χ1n) is 9.78. The molecule has 0 aromatic carbocycles. The molecule has 0 atom stereocenters. The van der Waals surface area contributed by atoms with Gasteiger partial charge in [0.25, 0.3) is 5.91 Å². The topological polar surface area (TPSA) is 133 Å². The summed E-state index contributed by atoms with van der Waals surface area (Å²) >= 11 is 0. The smallest absolute Gasteiger partial charge is 0.255 e. The van der Waals surface area contributed by atoms with Crippen molar-refractivity contribution < 1.29 is 14.3 Å². The van der Waals surface area contributed by atoms with E-state index in [0.717, 1.165) is 42.8 Å². The maximum atomic E-state index is 12.6. The second-order valence-electron chi connectivity index (χ2n) is 7.14. The zero-order chi connectivity index (χ0) is 21.1. The highest BCUT2D eigenvalue weighted by atomic mass is 16.5. The van der Waals surface area contributed by atoms with Gasteiger partial charge in [-0.15, -0.1) is 5.10 Å². The summed E-state index contributed by atoms with van der Waals surface area (Å²) in [5.74, 6) is 0.628. The number of anilines is 1. The fourth-order valence-corrected chi connectivity index (χ4v) is 3.35. The molecule has 11 heteroatoms. The number of amides is 2. The molecule has 11 nitrogen and oxygen atoms in total. The lowest BCUT2D eigenvalue weighted by atomic mass is 10.1. The first-order valence-corrected chi connectivity index (χ1v) is 9.78. The third-order valence-corrected chi connectivity index (χ3v) is 4.99. The summed E-state index contributed by atoms with van der Waals surface area (Å²) < 4.78 is 8.88. The fraction of sp³-hybridized carbons (Fsp3) is 0.421. The Morgan fingerprint density at radius 1 is 1.33 bits per heavy atom. The predicted molar refractivity (Wildman–Crippen MR) is 109 cm³/mol. The van der Waals surface area contributed by atoms with Crippen molar-refractivity contribution in [3.8, 4) is 11.3 Å². The summed E-state index contributed by atoms with van der Waals surface area (Å²) in [6.45, 7) is 2.96. The van der Waals surface area contributed by atoms with E-state index in [9.17, 15) is 4.79 Å². The second kappa shape index (κ2) is 8.49. The van der Waals surface area contributed by atoms with E-state index in [1.807, 2.05) is 25.4 Å². The first-order chi connectivity index (χ1) is 14.6. The molecule has 1 aliphatic heterocycles. The molecule has 1 saturated carbocycles. The lowest BCUT2D eigenvalue weighted by molar-refractivity contribution is -0.106. The lowest BCUT2D eigenvalue weighted by Gasteiger charge is -2.25. The van der Waals surface area contributed by atoms with Crippen LogP contribution in [0.2, 0.25) is 0 Å². The van der Waals surface area contributed by atoms with Crippen molar-refractivity contribution in [1.82, 2.24) is 29.7 Å². The monoisotopic (exact) mass is 412 g/mol. The predicted octanol–water partition coefficient (Wildman–Crippen LogP) is -0.0399. The minimum Gasteiger partial charge on any atom is -0.378 e. The third kappa shape index (κ3) is 4.10. The number of aromatic nitrogens is 5. The van der Waals surface area contributed by atoms with Gasteiger partial charge >= 0.3 is 0 Å². The number of primary amides is 1. The molecule has 3 aromatic rings. The van der Waals surface area contributed by atoms with Crippen LogP contribution in [0.4, 0.5) is 5.95 Å². The standard InChI is InChI=1S/C18H21N7O2.CH3NO/c1-23-16(14(11-19-23)17(26)20-13-2-3-13)12-4-5-25-15(10-12)21-18(22-25)24-6-8-27-9-7-24;2-1-3/h4-5,10-11,13H,2-3,6-9H2,1H3,(H,20,26);1H,(H2,2,3). The number of aryl methyl sites for hydroxylation is 1. The molecule has 3 N–H and O–H groups in total. The Kier molecular flexibility index (Phi) is 5.61. The minimum atomic E-state index is -0.0732. The van der Waals surface area contributed by atoms with Gasteiger partial charge < -0.3 is 20.7 Å². The Morgan fingerprint density at radius 2 is 2.07 bits per heavy atom. The molecule has 2 amide bonds. The second-order valence-corrected chi connectivity index (χ2v) is 7.14. The van der Waals surface area contributed by atoms with Crippen molar-refractivity contribution in [2.75, 3.05) is 31.2 Å². The van der Waals surface area contributed by atoms with Crippen LogP contribution in [-0.4, -0.2) is 69.0 Å². The minimum absolute atomic E-state index is 0.0732. The molecular weight excluding hydrogens is 388 g/mol. The van der Waals surface area contributed by atoms with Crippen LogP contribution in [0.3, 0.4) is 0 Å². The Balaban J connectivity index is 0.000000687. The highest BCUT2D eigenvalue weighted by Gasteiger charge is 2.26. The SMILES string of the molecule is Cn1ncc(C(=O)NC2CC2)c1-c1ccn2nc(N3CCOCC3)nc2c1.NC=O. The molecule has 2 fully saturated rings. The van der Waals surface area contributed by atoms with Gasteiger partial charge in [-0.1, -0.05) is 0 Å². The normalized spacial score (nSPS) is 16.1. The molecule has 158 valence electrons. The van der Waals surface area contributed by atoms with Crippen LogP contribution in [0.5, 0.6) is 0 Å². The molecule has 1 saturated heterocycles. The van der Waals surface area contributed by atoms with Gasteiger partial charge in [-0.3, -0.25) is 14.3 Å². The molecule has 3 aromatic heterocycles. The van der Waals surface area contributed by atoms with Gasteiger partial charge in [0.2, 0.25) is 12.4 Å². The molecule has 30 heavy (non-hydrogen) atoms. The largest absolute Gasteiger partial charge is 0.378 e. The van der Waals surface area contributed by atoms with Gasteiger partial charge in [-0.2, -0.15) is 10.1 Å². The molecule has 2 aliphatic rings. The third-order valence-electron chi connectivity index (χ3n) is 4.99. The zero-order valence-electron chi connectivity index (χ0n) is 16.7. The zero-order valence-corrected chi connectivity index (χ0v) is 16.7. The summed E-state index contributed by atoms with van der Waals surface area (Å²) in [7, 11) is 1.84. The van der Waals surface area contributed by atoms with Gasteiger partial charge in [0.05, 0.1) is 30.7 Å². The highest BCUT2D eigenvalue weighted by Crippen LogP contribution is 2.26. The molecule has 0 unspecified atom stereocenters. The number of fused-ring (bicyclic) bond motifs is 1. The molecule has 1 aliphatic carbocycles. The van der Waals surface area contributed by atoms with Crippen molar-refractivity contribution in [2.24, 2.45) is 12.8 Å². The van der Waals surface area contributed by atoms with E-state index in [0.29, 0.717) is 30.8 Å². The summed E-state index contributed by atoms with van der Waals surface area (Å²) in [4.78, 5) is 27.9. The van der Waals surface area contributed by atoms with Crippen molar-refractivity contribution >= 4 is 23.9 Å². The molecule has 0 radical (unpaired) electrons. The number of carbonyl (C=O) groups is 2. The average Bonchev–Trinajstić information content (AvgIpc) is 3.32. The van der Waals surface area contributed by atoms with Crippen molar-refractivity contribution in [3.05, 3.63) is 30.1 Å². The maximum Gasteiger partial charge on any atom is 0.255 e. The number of carbonyl (C=O) groups excluding carboxylic acids is 2. The van der Waals surface area contributed by atoms with Crippen LogP contribution in [0.25, 0.3) is 16.9 Å². The fourth-order valence-electron chi connectivity index (χ4n) is 3.35. The van der Waals surface area contributed by atoms with Crippen LogP contribution < -0.4 is 16.0 Å². The molecular formula is C19H24N8O3. The summed E-state index contributed by atoms with van der Waals surface area (Å²) in [5.41, 5.74) is 7.17. The number of rotatable bonds is 4. The average molecular weight is 412 g/mol. The van der Waals surface area contributed by atoms with Crippen LogP contribution in [0, 0.1) is 0 Å². The number of nitrogens with two attached hydrogens (primary N) is 1. The number of pyridine rings is 1. The number of hydrogen-bond donors (Lipinski definition) is 2. The van der Waals surface area contributed by atoms with E-state index in [1.54, 1.807) is 15.4 Å². The maximum absolute atomic E-state index is 12.6. The van der Waals surface area contributed by atoms with Crippen molar-refractivity contribution in [3.63, 3.8) is 0 Å². The summed E-state index contributed by atoms with van der Waals surface area (Å²) in [5, 5.41) is 11.9. The van der Waals surface area contributed by atoms with Gasteiger partial charge in [0.15, 0.2) is 5.65 Å². The van der Waals surface area contributed by atoms with E-state index in [1.165, 1.54) is 0 Å². The first kappa shape index (κ1) is 19.8. The molecule has 0 spiro atoms. The van der Waals surface area contributed by atoms with E-state index in [4.69, 9.17) is 9.53 Å². The van der Waals surface area contributed by atoms with E-state index < -0.39 is 0 Å². The summed E-state index contributed by atoms with van der Waals surface area (Å²) in [6.07, 6.45) is 5.85. The number of morpholine rings is 1. The number of ether oxygens (including phenoxy) is 1. The van der Waals surface area contributed by atoms with Gasteiger partial charge in [0, 0.05) is 37.9 Å². The Hall–Kier alpha value is -3.47. The van der Waals surface area contributed by atoms with Gasteiger partial charge in [0.1, 0.15) is 0 Å². The van der Waals surface area contributed by atoms with Crippen molar-refractivity contribution in [2.45, 2.75) is 18.9 Å². The summed E-state index contributed by atoms with van der Waals surface area (Å²) in [6, 6.07) is 4.19. The van der Waals surface area contributed by atoms with E-state index >= 15 is 0 Å². The van der Waals surface area contributed by atoms with Crippen LogP contribution in [0.1, 0.15) is 23.2 Å². The van der Waals surface area contributed by atoms with Crippen molar-refractivity contribution in [1.29, 1.82) is 0 Å². The molecule has 5 rings (SSSR count). The van der Waals surface area contributed by atoms with Crippen LogP contribution in [-0.2, 0) is 16.6 Å². The lowest BCUT2D eigenvalue weighted by Crippen LogP contribution is -2.36. The van der Waals surface area contributed by atoms with Crippen LogP contribution in [0.15, 0.2) is 24.5 Å². The Bertz CT molecular complexity index is 1050. The Labute approximate surface area is 172 Å². The molecule has 4 heterocycles. The van der Waals surface area contributed by atoms with Gasteiger partial charge in [-0.25, -0.2) is 4.52 Å². The molecule has 0 bridgehead atoms. The number of nitrogens with one attached hydrogen (secondary N) is 1. The van der Waals surface area contributed by atoms with E-state index in [-0.39, 0.29) is 12.3 Å². The highest BCUT2D eigenvalue weighted by molar-refractivity contribution is 6.00. The Morgan fingerprint density at radius 3 is 2.77 bits per heavy atom. The van der Waals surface area contributed by atoms with E-state index in [2.05, 4.69) is 31.1 Å². The quantitative estimate of drug-likeness (QED) is 0.575.